The van der Waals surface area contributed by atoms with Gasteiger partial charge in [-0.15, -0.1) is 0 Å². The number of H-pyrrole nitrogens is 1. The zero-order chi connectivity index (χ0) is 12.4. The Hall–Kier alpha value is -1.17. The van der Waals surface area contributed by atoms with Gasteiger partial charge in [-0.1, -0.05) is 12.8 Å². The van der Waals surface area contributed by atoms with Crippen molar-refractivity contribution < 1.29 is 4.79 Å². The highest BCUT2D eigenvalue weighted by molar-refractivity contribution is 9.10. The molecule has 0 saturated heterocycles. The van der Waals surface area contributed by atoms with Gasteiger partial charge in [-0.3, -0.25) is 19.1 Å². The van der Waals surface area contributed by atoms with Gasteiger partial charge in [0, 0.05) is 12.1 Å². The fraction of sp³-hybridized carbons (Fsp3) is 0.545. The number of Topliss-reactive ketones (excluding diaryl/α,β-unsaturated/α-hetero) is 1. The fourth-order valence-corrected chi connectivity index (χ4v) is 2.49. The van der Waals surface area contributed by atoms with E-state index in [0.717, 1.165) is 25.7 Å². The van der Waals surface area contributed by atoms with E-state index in [1.807, 2.05) is 0 Å². The van der Waals surface area contributed by atoms with E-state index in [9.17, 15) is 14.4 Å². The van der Waals surface area contributed by atoms with E-state index in [0.29, 0.717) is 0 Å². The zero-order valence-corrected chi connectivity index (χ0v) is 10.8. The largest absolute Gasteiger partial charge is 0.328 e. The molecule has 6 heteroatoms. The van der Waals surface area contributed by atoms with Gasteiger partial charge in [0.1, 0.15) is 0 Å². The quantitative estimate of drug-likeness (QED) is 0.907. The number of ketones is 1. The van der Waals surface area contributed by atoms with Crippen molar-refractivity contribution in [3.8, 4) is 0 Å². The molecule has 2 rings (SSSR count). The number of nitrogens with one attached hydrogen (secondary N) is 1. The second-order valence-corrected chi connectivity index (χ2v) is 5.17. The number of halogens is 1. The van der Waals surface area contributed by atoms with Gasteiger partial charge >= 0.3 is 5.69 Å². The first-order chi connectivity index (χ1) is 8.08. The summed E-state index contributed by atoms with van der Waals surface area (Å²) in [5.74, 6) is 0.149. The molecule has 0 aliphatic heterocycles. The molecular formula is C11H13BrN2O3. The van der Waals surface area contributed by atoms with Gasteiger partial charge in [0.2, 0.25) is 0 Å². The molecular weight excluding hydrogens is 288 g/mol. The first-order valence-corrected chi connectivity index (χ1v) is 6.39. The van der Waals surface area contributed by atoms with Crippen molar-refractivity contribution in [2.75, 3.05) is 0 Å². The van der Waals surface area contributed by atoms with Crippen LogP contribution in [0.1, 0.15) is 25.7 Å². The Kier molecular flexibility index (Phi) is 3.61. The molecule has 0 amide bonds. The summed E-state index contributed by atoms with van der Waals surface area (Å²) in [5, 5.41) is 0. The third kappa shape index (κ3) is 2.74. The summed E-state index contributed by atoms with van der Waals surface area (Å²) in [7, 11) is 0. The van der Waals surface area contributed by atoms with Gasteiger partial charge in [0.25, 0.3) is 5.56 Å². The SMILES string of the molecule is O=C(Cn1cc(Br)c(=O)[nH]c1=O)C1CCCC1. The normalized spacial score (nSPS) is 16.3. The van der Waals surface area contributed by atoms with Crippen molar-refractivity contribution in [2.24, 2.45) is 5.92 Å². The summed E-state index contributed by atoms with van der Waals surface area (Å²) in [6.45, 7) is 0.0406. The minimum atomic E-state index is -0.537. The van der Waals surface area contributed by atoms with Crippen LogP contribution in [-0.4, -0.2) is 15.3 Å². The van der Waals surface area contributed by atoms with E-state index < -0.39 is 11.2 Å². The predicted octanol–water partition coefficient (Wildman–Crippen LogP) is 1.06. The molecule has 0 spiro atoms. The van der Waals surface area contributed by atoms with Crippen LogP contribution in [0.4, 0.5) is 0 Å². The number of carbonyl (C=O) groups is 1. The zero-order valence-electron chi connectivity index (χ0n) is 9.24. The second-order valence-electron chi connectivity index (χ2n) is 4.31. The van der Waals surface area contributed by atoms with Gasteiger partial charge in [-0.05, 0) is 28.8 Å². The lowest BCUT2D eigenvalue weighted by Crippen LogP contribution is -2.33. The molecule has 1 fully saturated rings. The average molecular weight is 301 g/mol. The monoisotopic (exact) mass is 300 g/mol. The van der Waals surface area contributed by atoms with Crippen LogP contribution < -0.4 is 11.2 Å². The van der Waals surface area contributed by atoms with Gasteiger partial charge in [0.05, 0.1) is 11.0 Å². The highest BCUT2D eigenvalue weighted by atomic mass is 79.9. The molecule has 0 bridgehead atoms. The minimum absolute atomic E-state index is 0.0406. The minimum Gasteiger partial charge on any atom is -0.297 e. The van der Waals surface area contributed by atoms with E-state index in [-0.39, 0.29) is 22.7 Å². The van der Waals surface area contributed by atoms with Gasteiger partial charge in [-0.2, -0.15) is 0 Å². The van der Waals surface area contributed by atoms with Crippen LogP contribution in [0, 0.1) is 5.92 Å². The molecule has 1 heterocycles. The molecule has 0 aromatic carbocycles. The maximum atomic E-state index is 11.9. The number of hydrogen-bond donors (Lipinski definition) is 1. The Morgan fingerprint density at radius 3 is 2.71 bits per heavy atom. The number of hydrogen-bond acceptors (Lipinski definition) is 3. The van der Waals surface area contributed by atoms with Crippen molar-refractivity contribution in [3.63, 3.8) is 0 Å². The molecule has 1 aromatic heterocycles. The number of aromatic nitrogens is 2. The second kappa shape index (κ2) is 5.00. The van der Waals surface area contributed by atoms with Crippen molar-refractivity contribution in [3.05, 3.63) is 31.5 Å². The lowest BCUT2D eigenvalue weighted by molar-refractivity contribution is -0.123. The molecule has 1 aromatic rings. The van der Waals surface area contributed by atoms with Crippen molar-refractivity contribution >= 4 is 21.7 Å². The van der Waals surface area contributed by atoms with Gasteiger partial charge in [0.15, 0.2) is 5.78 Å². The highest BCUT2D eigenvalue weighted by Gasteiger charge is 2.22. The van der Waals surface area contributed by atoms with E-state index in [1.165, 1.54) is 10.8 Å². The molecule has 0 unspecified atom stereocenters. The van der Waals surface area contributed by atoms with Crippen molar-refractivity contribution in [1.82, 2.24) is 9.55 Å². The van der Waals surface area contributed by atoms with Crippen LogP contribution in [0.5, 0.6) is 0 Å². The Balaban J connectivity index is 2.18. The van der Waals surface area contributed by atoms with Crippen molar-refractivity contribution in [1.29, 1.82) is 0 Å². The Bertz CT molecular complexity index is 540. The van der Waals surface area contributed by atoms with Crippen LogP contribution >= 0.6 is 15.9 Å². The highest BCUT2D eigenvalue weighted by Crippen LogP contribution is 2.25. The van der Waals surface area contributed by atoms with Crippen LogP contribution in [0.15, 0.2) is 20.3 Å². The van der Waals surface area contributed by atoms with E-state index in [1.54, 1.807) is 0 Å². The lowest BCUT2D eigenvalue weighted by atomic mass is 10.0. The Morgan fingerprint density at radius 1 is 1.41 bits per heavy atom. The molecule has 17 heavy (non-hydrogen) atoms. The van der Waals surface area contributed by atoms with Gasteiger partial charge in [-0.25, -0.2) is 4.79 Å². The number of rotatable bonds is 3. The Morgan fingerprint density at radius 2 is 2.06 bits per heavy atom. The maximum absolute atomic E-state index is 11.9. The molecule has 0 atom stereocenters. The molecule has 1 aliphatic rings. The predicted molar refractivity (Wildman–Crippen MR) is 66.0 cm³/mol. The molecule has 1 N–H and O–H groups in total. The summed E-state index contributed by atoms with van der Waals surface area (Å²) < 4.78 is 1.50. The number of nitrogens with zero attached hydrogens (tertiary/aromatic N) is 1. The van der Waals surface area contributed by atoms with Crippen LogP contribution in [0.3, 0.4) is 0 Å². The number of aromatic amines is 1. The fourth-order valence-electron chi connectivity index (χ4n) is 2.14. The smallest absolute Gasteiger partial charge is 0.297 e. The van der Waals surface area contributed by atoms with E-state index in [4.69, 9.17) is 0 Å². The summed E-state index contributed by atoms with van der Waals surface area (Å²) in [6.07, 6.45) is 5.37. The summed E-state index contributed by atoms with van der Waals surface area (Å²) in [6, 6.07) is 0. The third-order valence-corrected chi connectivity index (χ3v) is 3.67. The molecule has 1 aliphatic carbocycles. The maximum Gasteiger partial charge on any atom is 0.328 e. The summed E-state index contributed by atoms with van der Waals surface area (Å²) >= 11 is 3.04. The molecule has 0 radical (unpaired) electrons. The van der Waals surface area contributed by atoms with Gasteiger partial charge < -0.3 is 0 Å². The molecule has 5 nitrogen and oxygen atoms in total. The first kappa shape index (κ1) is 12.3. The lowest BCUT2D eigenvalue weighted by Gasteiger charge is -2.09. The Labute approximate surface area is 106 Å². The molecule has 1 saturated carbocycles. The summed E-state index contributed by atoms with van der Waals surface area (Å²) in [4.78, 5) is 36.7. The van der Waals surface area contributed by atoms with Crippen LogP contribution in [-0.2, 0) is 11.3 Å². The van der Waals surface area contributed by atoms with Crippen LogP contribution in [0.25, 0.3) is 0 Å². The molecule has 92 valence electrons. The third-order valence-electron chi connectivity index (χ3n) is 3.10. The topological polar surface area (TPSA) is 71.9 Å². The summed E-state index contributed by atoms with van der Waals surface area (Å²) in [5.41, 5.74) is -1.01. The number of carbonyl (C=O) groups excluding carboxylic acids is 1. The van der Waals surface area contributed by atoms with Crippen LogP contribution in [0.2, 0.25) is 0 Å². The average Bonchev–Trinajstić information content (AvgIpc) is 2.79. The van der Waals surface area contributed by atoms with Crippen molar-refractivity contribution in [2.45, 2.75) is 32.2 Å². The van der Waals surface area contributed by atoms with E-state index in [2.05, 4.69) is 20.9 Å². The van der Waals surface area contributed by atoms with E-state index >= 15 is 0 Å². The first-order valence-electron chi connectivity index (χ1n) is 5.60. The standard InChI is InChI=1S/C11H13BrN2O3/c12-8-5-14(11(17)13-10(8)16)6-9(15)7-3-1-2-4-7/h5,7H,1-4,6H2,(H,13,16,17).